The molecule has 1 fully saturated rings. The first-order valence-electron chi connectivity index (χ1n) is 7.40. The van der Waals surface area contributed by atoms with Gasteiger partial charge in [-0.2, -0.15) is 5.26 Å². The summed E-state index contributed by atoms with van der Waals surface area (Å²) < 4.78 is 5.01. The van der Waals surface area contributed by atoms with Gasteiger partial charge >= 0.3 is 5.97 Å². The molecule has 0 unspecified atom stereocenters. The maximum atomic E-state index is 11.9. The van der Waals surface area contributed by atoms with Gasteiger partial charge < -0.3 is 9.64 Å². The Balaban J connectivity index is 2.33. The second-order valence-corrected chi connectivity index (χ2v) is 5.49. The van der Waals surface area contributed by atoms with Crippen LogP contribution in [0.1, 0.15) is 48.3 Å². The van der Waals surface area contributed by atoms with Gasteiger partial charge in [0.2, 0.25) is 0 Å². The second-order valence-electron chi connectivity index (χ2n) is 5.49. The van der Waals surface area contributed by atoms with Crippen LogP contribution in [0.25, 0.3) is 0 Å². The minimum atomic E-state index is -0.419. The molecule has 0 N–H and O–H groups in total. The molecule has 21 heavy (non-hydrogen) atoms. The average Bonchev–Trinajstić information content (AvgIpc) is 2.48. The lowest BCUT2D eigenvalue weighted by Crippen LogP contribution is -2.34. The number of ether oxygens (including phenoxy) is 1. The monoisotopic (exact) mass is 287 g/mol. The Kier molecular flexibility index (Phi) is 4.79. The van der Waals surface area contributed by atoms with Crippen LogP contribution in [0.15, 0.2) is 6.07 Å². The number of aromatic nitrogens is 1. The van der Waals surface area contributed by atoms with Gasteiger partial charge in [0.05, 0.1) is 23.4 Å². The quantitative estimate of drug-likeness (QED) is 0.800. The average molecular weight is 287 g/mol. The number of anilines is 1. The predicted molar refractivity (Wildman–Crippen MR) is 80.3 cm³/mol. The fraction of sp³-hybridized carbons (Fsp3) is 0.562. The van der Waals surface area contributed by atoms with Gasteiger partial charge in [-0.05, 0) is 38.7 Å². The summed E-state index contributed by atoms with van der Waals surface area (Å²) in [7, 11) is 0. The molecule has 0 aromatic carbocycles. The number of carbonyl (C=O) groups excluding carboxylic acids is 1. The lowest BCUT2D eigenvalue weighted by molar-refractivity contribution is 0.0525. The molecular formula is C16H21N3O2. The van der Waals surface area contributed by atoms with Gasteiger partial charge in [-0.15, -0.1) is 0 Å². The maximum absolute atomic E-state index is 11.9. The highest BCUT2D eigenvalue weighted by Gasteiger charge is 2.22. The normalized spacial score (nSPS) is 15.6. The summed E-state index contributed by atoms with van der Waals surface area (Å²) in [6, 6.07) is 3.76. The summed E-state index contributed by atoms with van der Waals surface area (Å²) in [6.45, 7) is 7.90. The number of nitriles is 1. The lowest BCUT2D eigenvalue weighted by atomic mass is 9.98. The van der Waals surface area contributed by atoms with Gasteiger partial charge in [0.25, 0.3) is 0 Å². The van der Waals surface area contributed by atoms with Crippen molar-refractivity contribution in [2.24, 2.45) is 5.92 Å². The standard InChI is InChI=1S/C16H21N3O2/c1-4-21-16(20)14-9-13(10-17)15(18-12(14)3)19-7-5-11(2)6-8-19/h9,11H,4-8H2,1-3H3. The Morgan fingerprint density at radius 3 is 2.76 bits per heavy atom. The van der Waals surface area contributed by atoms with E-state index in [2.05, 4.69) is 22.9 Å². The minimum Gasteiger partial charge on any atom is -0.462 e. The van der Waals surface area contributed by atoms with Crippen molar-refractivity contribution in [3.63, 3.8) is 0 Å². The number of carbonyl (C=O) groups is 1. The first-order chi connectivity index (χ1) is 10.1. The van der Waals surface area contributed by atoms with Crippen LogP contribution >= 0.6 is 0 Å². The molecule has 0 spiro atoms. The number of aryl methyl sites for hydroxylation is 1. The molecule has 0 atom stereocenters. The van der Waals surface area contributed by atoms with Crippen LogP contribution < -0.4 is 4.90 Å². The highest BCUT2D eigenvalue weighted by atomic mass is 16.5. The van der Waals surface area contributed by atoms with E-state index in [4.69, 9.17) is 4.74 Å². The Morgan fingerprint density at radius 1 is 1.52 bits per heavy atom. The first-order valence-corrected chi connectivity index (χ1v) is 7.40. The Morgan fingerprint density at radius 2 is 2.19 bits per heavy atom. The van der Waals surface area contributed by atoms with E-state index in [9.17, 15) is 10.1 Å². The van der Waals surface area contributed by atoms with Crippen molar-refractivity contribution in [1.82, 2.24) is 4.98 Å². The first kappa shape index (κ1) is 15.3. The molecule has 1 saturated heterocycles. The van der Waals surface area contributed by atoms with Crippen molar-refractivity contribution in [1.29, 1.82) is 5.26 Å². The van der Waals surface area contributed by atoms with Crippen molar-refractivity contribution < 1.29 is 9.53 Å². The molecule has 0 aliphatic carbocycles. The second kappa shape index (κ2) is 6.57. The smallest absolute Gasteiger partial charge is 0.340 e. The molecule has 0 amide bonds. The highest BCUT2D eigenvalue weighted by molar-refractivity contribution is 5.91. The van der Waals surface area contributed by atoms with Gasteiger partial charge in [0, 0.05) is 13.1 Å². The van der Waals surface area contributed by atoms with E-state index in [0.29, 0.717) is 35.2 Å². The molecule has 2 heterocycles. The Bertz CT molecular complexity index is 570. The van der Waals surface area contributed by atoms with Gasteiger partial charge in [0.15, 0.2) is 0 Å². The number of nitrogens with zero attached hydrogens (tertiary/aromatic N) is 3. The summed E-state index contributed by atoms with van der Waals surface area (Å²) in [6.07, 6.45) is 2.20. The van der Waals surface area contributed by atoms with Gasteiger partial charge in [-0.3, -0.25) is 0 Å². The fourth-order valence-corrected chi connectivity index (χ4v) is 2.55. The third-order valence-electron chi connectivity index (χ3n) is 3.89. The van der Waals surface area contributed by atoms with E-state index in [0.717, 1.165) is 25.9 Å². The van der Waals surface area contributed by atoms with Crippen molar-refractivity contribution >= 4 is 11.8 Å². The Labute approximate surface area is 125 Å². The van der Waals surface area contributed by atoms with E-state index < -0.39 is 5.97 Å². The van der Waals surface area contributed by atoms with E-state index in [1.807, 2.05) is 0 Å². The van der Waals surface area contributed by atoms with Crippen molar-refractivity contribution in [2.75, 3.05) is 24.6 Å². The molecule has 112 valence electrons. The van der Waals surface area contributed by atoms with Crippen LogP contribution in [0.4, 0.5) is 5.82 Å². The number of hydrogen-bond donors (Lipinski definition) is 0. The fourth-order valence-electron chi connectivity index (χ4n) is 2.55. The number of hydrogen-bond acceptors (Lipinski definition) is 5. The SMILES string of the molecule is CCOC(=O)c1cc(C#N)c(N2CCC(C)CC2)nc1C. The molecule has 5 nitrogen and oxygen atoms in total. The Hall–Kier alpha value is -2.09. The van der Waals surface area contributed by atoms with Crippen LogP contribution in [0.2, 0.25) is 0 Å². The van der Waals surface area contributed by atoms with E-state index in [1.54, 1.807) is 19.9 Å². The molecule has 5 heteroatoms. The van der Waals surface area contributed by atoms with Crippen LogP contribution in [0.5, 0.6) is 0 Å². The molecule has 1 aliphatic heterocycles. The molecule has 1 aromatic heterocycles. The minimum absolute atomic E-state index is 0.311. The zero-order valence-corrected chi connectivity index (χ0v) is 12.8. The summed E-state index contributed by atoms with van der Waals surface area (Å²) in [5.41, 5.74) is 1.43. The summed E-state index contributed by atoms with van der Waals surface area (Å²) in [5, 5.41) is 9.36. The van der Waals surface area contributed by atoms with Crippen LogP contribution in [-0.4, -0.2) is 30.6 Å². The lowest BCUT2D eigenvalue weighted by Gasteiger charge is -2.32. The number of rotatable bonds is 3. The largest absolute Gasteiger partial charge is 0.462 e. The maximum Gasteiger partial charge on any atom is 0.340 e. The topological polar surface area (TPSA) is 66.2 Å². The third kappa shape index (κ3) is 3.33. The number of piperidine rings is 1. The van der Waals surface area contributed by atoms with Crippen LogP contribution in [0, 0.1) is 24.2 Å². The van der Waals surface area contributed by atoms with E-state index >= 15 is 0 Å². The van der Waals surface area contributed by atoms with E-state index in [-0.39, 0.29) is 0 Å². The number of pyridine rings is 1. The summed E-state index contributed by atoms with van der Waals surface area (Å²) in [4.78, 5) is 18.5. The zero-order valence-electron chi connectivity index (χ0n) is 12.8. The van der Waals surface area contributed by atoms with Crippen molar-refractivity contribution in [3.8, 4) is 6.07 Å². The van der Waals surface area contributed by atoms with Crippen LogP contribution in [0.3, 0.4) is 0 Å². The molecule has 2 rings (SSSR count). The summed E-state index contributed by atoms with van der Waals surface area (Å²) >= 11 is 0. The summed E-state index contributed by atoms with van der Waals surface area (Å²) in [5.74, 6) is 0.986. The van der Waals surface area contributed by atoms with Crippen molar-refractivity contribution in [3.05, 3.63) is 22.9 Å². The van der Waals surface area contributed by atoms with Gasteiger partial charge in [-0.25, -0.2) is 9.78 Å². The zero-order chi connectivity index (χ0) is 15.4. The highest BCUT2D eigenvalue weighted by Crippen LogP contribution is 2.26. The third-order valence-corrected chi connectivity index (χ3v) is 3.89. The molecule has 0 radical (unpaired) electrons. The van der Waals surface area contributed by atoms with Crippen molar-refractivity contribution in [2.45, 2.75) is 33.6 Å². The number of esters is 1. The molecule has 1 aromatic rings. The molecular weight excluding hydrogens is 266 g/mol. The van der Waals surface area contributed by atoms with Crippen LogP contribution in [-0.2, 0) is 4.74 Å². The van der Waals surface area contributed by atoms with Gasteiger partial charge in [0.1, 0.15) is 11.9 Å². The van der Waals surface area contributed by atoms with Gasteiger partial charge in [-0.1, -0.05) is 6.92 Å². The molecule has 0 bridgehead atoms. The van der Waals surface area contributed by atoms with E-state index in [1.165, 1.54) is 0 Å². The predicted octanol–water partition coefficient (Wildman–Crippen LogP) is 2.67. The molecule has 0 saturated carbocycles. The molecule has 1 aliphatic rings.